The molecular formula is C16H17F3N2O2. The molecule has 1 fully saturated rings. The van der Waals surface area contributed by atoms with Crippen LogP contribution in [0.15, 0.2) is 39.8 Å². The number of aromatic nitrogens is 1. The average Bonchev–Trinajstić information content (AvgIpc) is 2.92. The number of rotatable bonds is 2. The van der Waals surface area contributed by atoms with E-state index < -0.39 is 11.7 Å². The molecule has 0 aliphatic carbocycles. The molecule has 0 radical (unpaired) electrons. The summed E-state index contributed by atoms with van der Waals surface area (Å²) in [7, 11) is 0. The molecule has 1 aromatic carbocycles. The highest BCUT2D eigenvalue weighted by atomic mass is 19.4. The number of nitrogens with zero attached hydrogens (tertiary/aromatic N) is 1. The van der Waals surface area contributed by atoms with Crippen molar-refractivity contribution in [2.24, 2.45) is 0 Å². The lowest BCUT2D eigenvalue weighted by atomic mass is 9.92. The minimum Gasteiger partial charge on any atom is -0.384 e. The van der Waals surface area contributed by atoms with Gasteiger partial charge in [0.15, 0.2) is 0 Å². The first-order chi connectivity index (χ1) is 10.9. The molecule has 2 aromatic rings. The van der Waals surface area contributed by atoms with Gasteiger partial charge in [0.25, 0.3) is 5.56 Å². The molecule has 0 bridgehead atoms. The number of aryl methyl sites for hydroxylation is 1. The van der Waals surface area contributed by atoms with E-state index in [0.29, 0.717) is 13.0 Å². The van der Waals surface area contributed by atoms with Crippen LogP contribution in [-0.2, 0) is 6.18 Å². The van der Waals surface area contributed by atoms with Gasteiger partial charge in [0.2, 0.25) is 0 Å². The van der Waals surface area contributed by atoms with Crippen LogP contribution >= 0.6 is 0 Å². The van der Waals surface area contributed by atoms with Crippen molar-refractivity contribution in [1.29, 1.82) is 0 Å². The Morgan fingerprint density at radius 1 is 1.30 bits per heavy atom. The zero-order chi connectivity index (χ0) is 16.6. The van der Waals surface area contributed by atoms with Crippen LogP contribution in [-0.4, -0.2) is 11.3 Å². The summed E-state index contributed by atoms with van der Waals surface area (Å²) in [5, 5.41) is 3.29. The Morgan fingerprint density at radius 3 is 2.70 bits per heavy atom. The molecule has 1 aromatic heterocycles. The summed E-state index contributed by atoms with van der Waals surface area (Å²) in [6.07, 6.45) is -1.66. The zero-order valence-corrected chi connectivity index (χ0v) is 12.6. The molecular weight excluding hydrogens is 309 g/mol. The molecule has 3 rings (SSSR count). The first-order valence-corrected chi connectivity index (χ1v) is 7.44. The van der Waals surface area contributed by atoms with Crippen LogP contribution < -0.4 is 10.9 Å². The number of nitrogens with one attached hydrogen (secondary N) is 1. The van der Waals surface area contributed by atoms with E-state index >= 15 is 0 Å². The molecule has 2 atom stereocenters. The second-order valence-electron chi connectivity index (χ2n) is 5.83. The Hall–Kier alpha value is -2.02. The summed E-state index contributed by atoms with van der Waals surface area (Å²) >= 11 is 0. The first kappa shape index (κ1) is 15.9. The van der Waals surface area contributed by atoms with Crippen LogP contribution in [0.1, 0.15) is 41.6 Å². The van der Waals surface area contributed by atoms with Crippen molar-refractivity contribution in [3.8, 4) is 0 Å². The lowest BCUT2D eigenvalue weighted by molar-refractivity contribution is -0.138. The minimum absolute atomic E-state index is 0.0913. The average molecular weight is 326 g/mol. The molecule has 4 nitrogen and oxygen atoms in total. The van der Waals surface area contributed by atoms with Gasteiger partial charge >= 0.3 is 6.18 Å². The lowest BCUT2D eigenvalue weighted by Gasteiger charge is -2.30. The van der Waals surface area contributed by atoms with E-state index in [1.807, 2.05) is 0 Å². The molecule has 1 aliphatic heterocycles. The van der Waals surface area contributed by atoms with Crippen LogP contribution in [0.25, 0.3) is 0 Å². The molecule has 1 aliphatic rings. The van der Waals surface area contributed by atoms with E-state index in [-0.39, 0.29) is 23.2 Å². The summed E-state index contributed by atoms with van der Waals surface area (Å²) in [6, 6.07) is 5.35. The third kappa shape index (κ3) is 3.19. The van der Waals surface area contributed by atoms with Crippen LogP contribution in [0.4, 0.5) is 13.2 Å². The predicted octanol–water partition coefficient (Wildman–Crippen LogP) is 3.43. The van der Waals surface area contributed by atoms with Crippen molar-refractivity contribution in [1.82, 2.24) is 10.1 Å². The second kappa shape index (κ2) is 5.88. The van der Waals surface area contributed by atoms with E-state index in [1.165, 1.54) is 30.1 Å². The molecule has 1 N–H and O–H groups in total. The van der Waals surface area contributed by atoms with Crippen molar-refractivity contribution in [2.75, 3.05) is 6.54 Å². The van der Waals surface area contributed by atoms with Gasteiger partial charge in [-0.3, -0.25) is 4.79 Å². The second-order valence-corrected chi connectivity index (χ2v) is 5.83. The topological polar surface area (TPSA) is 47.2 Å². The maximum Gasteiger partial charge on any atom is 0.416 e. The molecule has 23 heavy (non-hydrogen) atoms. The summed E-state index contributed by atoms with van der Waals surface area (Å²) in [5.74, 6) is 0. The summed E-state index contributed by atoms with van der Waals surface area (Å²) in [5.41, 5.74) is 0.184. The van der Waals surface area contributed by atoms with Crippen LogP contribution in [0.2, 0.25) is 0 Å². The standard InChI is InChI=1S/C16H17F3N2O2/c1-10-8-11(2-3-13(10)16(17,18)19)14-9-12(4-6-20-14)21-15(22)5-7-23-21/h2-3,5,7-8,12,14,20H,4,6,9H2,1H3/t12-,14-/m1/s1. The van der Waals surface area contributed by atoms with Crippen molar-refractivity contribution in [2.45, 2.75) is 38.0 Å². The molecule has 2 heterocycles. The van der Waals surface area contributed by atoms with E-state index in [1.54, 1.807) is 6.07 Å². The normalized spacial score (nSPS) is 22.3. The van der Waals surface area contributed by atoms with Crippen LogP contribution in [0, 0.1) is 6.92 Å². The van der Waals surface area contributed by atoms with Crippen molar-refractivity contribution in [3.05, 3.63) is 57.6 Å². The van der Waals surface area contributed by atoms with E-state index in [9.17, 15) is 18.0 Å². The summed E-state index contributed by atoms with van der Waals surface area (Å²) in [6.45, 7) is 2.13. The van der Waals surface area contributed by atoms with Gasteiger partial charge < -0.3 is 9.84 Å². The molecule has 0 amide bonds. The third-order valence-electron chi connectivity index (χ3n) is 4.27. The largest absolute Gasteiger partial charge is 0.416 e. The van der Waals surface area contributed by atoms with Gasteiger partial charge in [-0.2, -0.15) is 17.9 Å². The van der Waals surface area contributed by atoms with Crippen LogP contribution in [0.3, 0.4) is 0 Å². The Labute approximate surface area is 130 Å². The molecule has 0 spiro atoms. The highest BCUT2D eigenvalue weighted by molar-refractivity contribution is 5.34. The number of hydrogen-bond acceptors (Lipinski definition) is 3. The fourth-order valence-corrected chi connectivity index (χ4v) is 3.13. The van der Waals surface area contributed by atoms with Crippen molar-refractivity contribution < 1.29 is 17.7 Å². The Bertz CT molecular complexity index is 748. The fourth-order valence-electron chi connectivity index (χ4n) is 3.13. The van der Waals surface area contributed by atoms with Gasteiger partial charge in [0.05, 0.1) is 11.6 Å². The number of hydrogen-bond donors (Lipinski definition) is 1. The van der Waals surface area contributed by atoms with Crippen LogP contribution in [0.5, 0.6) is 0 Å². The summed E-state index contributed by atoms with van der Waals surface area (Å²) < 4.78 is 45.1. The highest BCUT2D eigenvalue weighted by Gasteiger charge is 2.33. The molecule has 0 unspecified atom stereocenters. The van der Waals surface area contributed by atoms with E-state index in [2.05, 4.69) is 5.32 Å². The zero-order valence-electron chi connectivity index (χ0n) is 12.6. The Morgan fingerprint density at radius 2 is 2.09 bits per heavy atom. The maximum atomic E-state index is 12.8. The molecule has 0 saturated carbocycles. The van der Waals surface area contributed by atoms with Gasteiger partial charge in [-0.1, -0.05) is 12.1 Å². The third-order valence-corrected chi connectivity index (χ3v) is 4.27. The smallest absolute Gasteiger partial charge is 0.384 e. The first-order valence-electron chi connectivity index (χ1n) is 7.44. The van der Waals surface area contributed by atoms with E-state index in [0.717, 1.165) is 18.1 Å². The Balaban J connectivity index is 1.83. The SMILES string of the molecule is Cc1cc([C@H]2C[C@H](n3occc3=O)CCN2)ccc1C(F)(F)F. The van der Waals surface area contributed by atoms with Crippen molar-refractivity contribution >= 4 is 0 Å². The predicted molar refractivity (Wildman–Crippen MR) is 78.2 cm³/mol. The monoisotopic (exact) mass is 326 g/mol. The van der Waals surface area contributed by atoms with Gasteiger partial charge in [0, 0.05) is 12.1 Å². The van der Waals surface area contributed by atoms with Crippen molar-refractivity contribution in [3.63, 3.8) is 0 Å². The lowest BCUT2D eigenvalue weighted by Crippen LogP contribution is -2.35. The van der Waals surface area contributed by atoms with Gasteiger partial charge in [-0.05, 0) is 43.5 Å². The number of alkyl halides is 3. The van der Waals surface area contributed by atoms with E-state index in [4.69, 9.17) is 4.52 Å². The van der Waals surface area contributed by atoms with Gasteiger partial charge in [0.1, 0.15) is 6.26 Å². The Kier molecular flexibility index (Phi) is 4.06. The molecule has 124 valence electrons. The number of benzene rings is 1. The molecule has 7 heteroatoms. The fraction of sp³-hybridized carbons (Fsp3) is 0.438. The minimum atomic E-state index is -4.34. The number of halogens is 3. The highest BCUT2D eigenvalue weighted by Crippen LogP contribution is 2.35. The maximum absolute atomic E-state index is 12.8. The number of piperidine rings is 1. The molecule has 1 saturated heterocycles. The van der Waals surface area contributed by atoms with Gasteiger partial charge in [-0.25, -0.2) is 0 Å². The summed E-state index contributed by atoms with van der Waals surface area (Å²) in [4.78, 5) is 11.7. The quantitative estimate of drug-likeness (QED) is 0.920. The van der Waals surface area contributed by atoms with Gasteiger partial charge in [-0.15, -0.1) is 0 Å².